The van der Waals surface area contributed by atoms with Crippen LogP contribution in [0.15, 0.2) is 12.7 Å². The zero-order valence-electron chi connectivity index (χ0n) is 10.9. The summed E-state index contributed by atoms with van der Waals surface area (Å²) >= 11 is 0. The van der Waals surface area contributed by atoms with Crippen LogP contribution in [0.2, 0.25) is 0 Å². The summed E-state index contributed by atoms with van der Waals surface area (Å²) in [6, 6.07) is -0.488. The highest BCUT2D eigenvalue weighted by Gasteiger charge is 2.31. The topological polar surface area (TPSA) is 69.6 Å². The number of hydrogen-bond donors (Lipinski definition) is 2. The van der Waals surface area contributed by atoms with Gasteiger partial charge in [-0.25, -0.2) is 4.79 Å². The molecule has 1 aliphatic carbocycles. The van der Waals surface area contributed by atoms with Gasteiger partial charge in [-0.05, 0) is 12.8 Å². The van der Waals surface area contributed by atoms with Crippen molar-refractivity contribution in [2.45, 2.75) is 38.1 Å². The maximum Gasteiger partial charge on any atom is 0.317 e. The molecule has 0 aliphatic heterocycles. The highest BCUT2D eigenvalue weighted by atomic mass is 16.4. The molecule has 0 saturated heterocycles. The van der Waals surface area contributed by atoms with Crippen LogP contribution in [0.5, 0.6) is 0 Å². The number of rotatable bonds is 4. The maximum absolute atomic E-state index is 11.9. The molecule has 102 valence electrons. The Labute approximate surface area is 108 Å². The summed E-state index contributed by atoms with van der Waals surface area (Å²) in [7, 11) is 1.67. The van der Waals surface area contributed by atoms with Crippen molar-refractivity contribution in [3.63, 3.8) is 0 Å². The molecular formula is C13H22N2O3. The number of carbonyl (C=O) groups is 2. The Morgan fingerprint density at radius 3 is 2.67 bits per heavy atom. The minimum atomic E-state index is -0.812. The lowest BCUT2D eigenvalue weighted by Gasteiger charge is -2.25. The van der Waals surface area contributed by atoms with Gasteiger partial charge in [0, 0.05) is 19.6 Å². The SMILES string of the molecule is C=CCN(C)C(=O)NC1CCCCCC1C(=O)O. The second kappa shape index (κ2) is 7.03. The van der Waals surface area contributed by atoms with Gasteiger partial charge >= 0.3 is 12.0 Å². The zero-order chi connectivity index (χ0) is 13.5. The van der Waals surface area contributed by atoms with Gasteiger partial charge in [-0.3, -0.25) is 4.79 Å². The van der Waals surface area contributed by atoms with Gasteiger partial charge in [0.15, 0.2) is 0 Å². The molecule has 2 N–H and O–H groups in total. The molecule has 18 heavy (non-hydrogen) atoms. The van der Waals surface area contributed by atoms with Crippen LogP contribution in [0.1, 0.15) is 32.1 Å². The number of amides is 2. The number of likely N-dealkylation sites (N-methyl/N-ethyl adjacent to an activating group) is 1. The smallest absolute Gasteiger partial charge is 0.317 e. The van der Waals surface area contributed by atoms with E-state index < -0.39 is 11.9 Å². The fourth-order valence-electron chi connectivity index (χ4n) is 2.32. The van der Waals surface area contributed by atoms with Crippen LogP contribution in [0.25, 0.3) is 0 Å². The van der Waals surface area contributed by atoms with Gasteiger partial charge in [0.05, 0.1) is 5.92 Å². The maximum atomic E-state index is 11.9. The van der Waals surface area contributed by atoms with Gasteiger partial charge in [0.25, 0.3) is 0 Å². The van der Waals surface area contributed by atoms with Crippen LogP contribution >= 0.6 is 0 Å². The average Bonchev–Trinajstić information content (AvgIpc) is 2.54. The fourth-order valence-corrected chi connectivity index (χ4v) is 2.32. The number of hydrogen-bond acceptors (Lipinski definition) is 2. The summed E-state index contributed by atoms with van der Waals surface area (Å²) in [5.41, 5.74) is 0. The molecule has 2 amide bonds. The van der Waals surface area contributed by atoms with E-state index in [0.717, 1.165) is 25.7 Å². The molecule has 0 heterocycles. The first kappa shape index (κ1) is 14.5. The third-order valence-corrected chi connectivity index (χ3v) is 3.39. The normalized spacial score (nSPS) is 23.8. The van der Waals surface area contributed by atoms with Crippen molar-refractivity contribution in [1.29, 1.82) is 0 Å². The summed E-state index contributed by atoms with van der Waals surface area (Å²) < 4.78 is 0. The van der Waals surface area contributed by atoms with E-state index in [-0.39, 0.29) is 12.1 Å². The predicted molar refractivity (Wildman–Crippen MR) is 69.4 cm³/mol. The van der Waals surface area contributed by atoms with Gasteiger partial charge in [-0.2, -0.15) is 0 Å². The van der Waals surface area contributed by atoms with Crippen molar-refractivity contribution < 1.29 is 14.7 Å². The standard InChI is InChI=1S/C13H22N2O3/c1-3-9-15(2)13(18)14-11-8-6-4-5-7-10(11)12(16)17/h3,10-11H,1,4-9H2,2H3,(H,14,18)(H,16,17). The molecule has 0 aromatic heterocycles. The minimum Gasteiger partial charge on any atom is -0.481 e. The first-order valence-corrected chi connectivity index (χ1v) is 6.41. The van der Waals surface area contributed by atoms with E-state index in [2.05, 4.69) is 11.9 Å². The summed E-state index contributed by atoms with van der Waals surface area (Å²) in [5, 5.41) is 12.0. The van der Waals surface area contributed by atoms with E-state index in [4.69, 9.17) is 0 Å². The summed E-state index contributed by atoms with van der Waals surface area (Å²) in [6.45, 7) is 4.03. The average molecular weight is 254 g/mol. The second-order valence-corrected chi connectivity index (χ2v) is 4.81. The molecule has 0 spiro atoms. The molecule has 0 radical (unpaired) electrons. The predicted octanol–water partition coefficient (Wildman–Crippen LogP) is 1.85. The second-order valence-electron chi connectivity index (χ2n) is 4.81. The molecule has 5 nitrogen and oxygen atoms in total. The van der Waals surface area contributed by atoms with Crippen molar-refractivity contribution >= 4 is 12.0 Å². The number of aliphatic carboxylic acids is 1. The first-order chi connectivity index (χ1) is 8.56. The Kier molecular flexibility index (Phi) is 5.68. The van der Waals surface area contributed by atoms with E-state index in [0.29, 0.717) is 13.0 Å². The van der Waals surface area contributed by atoms with Crippen molar-refractivity contribution in [2.75, 3.05) is 13.6 Å². The van der Waals surface area contributed by atoms with Gasteiger partial charge in [0.1, 0.15) is 0 Å². The molecule has 2 unspecified atom stereocenters. The molecule has 0 aromatic rings. The highest BCUT2D eigenvalue weighted by Crippen LogP contribution is 2.23. The Bertz CT molecular complexity index is 317. The molecule has 5 heteroatoms. The van der Waals surface area contributed by atoms with E-state index >= 15 is 0 Å². The lowest BCUT2D eigenvalue weighted by Crippen LogP contribution is -2.47. The molecule has 2 atom stereocenters. The largest absolute Gasteiger partial charge is 0.481 e. The molecule has 1 aliphatic rings. The van der Waals surface area contributed by atoms with Crippen molar-refractivity contribution in [3.05, 3.63) is 12.7 Å². The van der Waals surface area contributed by atoms with E-state index in [1.54, 1.807) is 13.1 Å². The van der Waals surface area contributed by atoms with Crippen LogP contribution in [-0.2, 0) is 4.79 Å². The van der Waals surface area contributed by atoms with Crippen LogP contribution < -0.4 is 5.32 Å². The number of carboxylic acid groups (broad SMARTS) is 1. The zero-order valence-corrected chi connectivity index (χ0v) is 10.9. The van der Waals surface area contributed by atoms with Gasteiger partial charge < -0.3 is 15.3 Å². The van der Waals surface area contributed by atoms with Gasteiger partial charge in [-0.1, -0.05) is 25.3 Å². The van der Waals surface area contributed by atoms with Gasteiger partial charge in [-0.15, -0.1) is 6.58 Å². The summed E-state index contributed by atoms with van der Waals surface area (Å²) in [6.07, 6.45) is 5.96. The summed E-state index contributed by atoms with van der Waals surface area (Å²) in [5.74, 6) is -1.28. The first-order valence-electron chi connectivity index (χ1n) is 6.41. The number of urea groups is 1. The Morgan fingerprint density at radius 2 is 2.06 bits per heavy atom. The van der Waals surface area contributed by atoms with Crippen molar-refractivity contribution in [2.24, 2.45) is 5.92 Å². The molecule has 1 rings (SSSR count). The Morgan fingerprint density at radius 1 is 1.39 bits per heavy atom. The van der Waals surface area contributed by atoms with Crippen molar-refractivity contribution in [3.8, 4) is 0 Å². The summed E-state index contributed by atoms with van der Waals surface area (Å²) in [4.78, 5) is 24.6. The molecular weight excluding hydrogens is 232 g/mol. The van der Waals surface area contributed by atoms with Crippen molar-refractivity contribution in [1.82, 2.24) is 10.2 Å². The molecule has 1 saturated carbocycles. The van der Waals surface area contributed by atoms with E-state index in [1.807, 2.05) is 0 Å². The number of carbonyl (C=O) groups excluding carboxylic acids is 1. The number of carboxylic acids is 1. The Balaban J connectivity index is 2.62. The van der Waals surface area contributed by atoms with Crippen LogP contribution in [0.4, 0.5) is 4.79 Å². The highest BCUT2D eigenvalue weighted by molar-refractivity contribution is 5.76. The third kappa shape index (κ3) is 4.05. The minimum absolute atomic E-state index is 0.229. The molecule has 1 fully saturated rings. The Hall–Kier alpha value is -1.52. The fraction of sp³-hybridized carbons (Fsp3) is 0.692. The van der Waals surface area contributed by atoms with Crippen LogP contribution in [0.3, 0.4) is 0 Å². The number of nitrogens with zero attached hydrogens (tertiary/aromatic N) is 1. The lowest BCUT2D eigenvalue weighted by molar-refractivity contribution is -0.142. The van der Waals surface area contributed by atoms with Crippen LogP contribution in [-0.4, -0.2) is 41.6 Å². The monoisotopic (exact) mass is 254 g/mol. The van der Waals surface area contributed by atoms with Gasteiger partial charge in [0.2, 0.25) is 0 Å². The van der Waals surface area contributed by atoms with E-state index in [9.17, 15) is 14.7 Å². The molecule has 0 aromatic carbocycles. The quantitative estimate of drug-likeness (QED) is 0.594. The molecule has 0 bridgehead atoms. The van der Waals surface area contributed by atoms with E-state index in [1.165, 1.54) is 4.90 Å². The van der Waals surface area contributed by atoms with Crippen LogP contribution in [0, 0.1) is 5.92 Å². The number of nitrogens with one attached hydrogen (secondary N) is 1. The lowest BCUT2D eigenvalue weighted by atomic mass is 9.95. The third-order valence-electron chi connectivity index (χ3n) is 3.39.